The van der Waals surface area contributed by atoms with E-state index in [0.717, 1.165) is 10.7 Å². The Labute approximate surface area is 111 Å². The molecule has 1 heterocycles. The van der Waals surface area contributed by atoms with Crippen LogP contribution in [0.3, 0.4) is 0 Å². The second-order valence-corrected chi connectivity index (χ2v) is 6.08. The molecule has 0 saturated carbocycles. The third kappa shape index (κ3) is 3.01. The van der Waals surface area contributed by atoms with Crippen molar-refractivity contribution in [1.29, 1.82) is 0 Å². The van der Waals surface area contributed by atoms with Crippen LogP contribution in [0.2, 0.25) is 0 Å². The van der Waals surface area contributed by atoms with Crippen LogP contribution in [0.4, 0.5) is 0 Å². The lowest BCUT2D eigenvalue weighted by atomic mass is 9.93. The van der Waals surface area contributed by atoms with Gasteiger partial charge in [-0.15, -0.1) is 11.3 Å². The Balaban J connectivity index is 2.03. The molecule has 0 bridgehead atoms. The van der Waals surface area contributed by atoms with E-state index in [0.29, 0.717) is 12.4 Å². The summed E-state index contributed by atoms with van der Waals surface area (Å²) >= 11 is 1.58. The van der Waals surface area contributed by atoms with E-state index in [2.05, 4.69) is 31.1 Å². The molecule has 0 aliphatic heterocycles. The van der Waals surface area contributed by atoms with Gasteiger partial charge in [0.25, 0.3) is 0 Å². The molecular formula is C14H17NO2S. The molecule has 0 unspecified atom stereocenters. The molecule has 0 aliphatic rings. The average molecular weight is 263 g/mol. The van der Waals surface area contributed by atoms with Gasteiger partial charge in [0.2, 0.25) is 0 Å². The second kappa shape index (κ2) is 4.98. The fourth-order valence-electron chi connectivity index (χ4n) is 1.44. The minimum absolute atomic E-state index is 0.0592. The van der Waals surface area contributed by atoms with Crippen LogP contribution in [0, 0.1) is 0 Å². The molecule has 0 fully saturated rings. The Morgan fingerprint density at radius 1 is 1.28 bits per heavy atom. The Kier molecular flexibility index (Phi) is 3.57. The fourth-order valence-corrected chi connectivity index (χ4v) is 2.37. The molecule has 1 aromatic carbocycles. The van der Waals surface area contributed by atoms with E-state index in [1.165, 1.54) is 0 Å². The first-order chi connectivity index (χ1) is 8.47. The first kappa shape index (κ1) is 12.9. The molecule has 96 valence electrons. The van der Waals surface area contributed by atoms with E-state index in [1.807, 2.05) is 6.07 Å². The van der Waals surface area contributed by atoms with Crippen LogP contribution in [-0.4, -0.2) is 10.1 Å². The second-order valence-electron chi connectivity index (χ2n) is 5.13. The molecule has 0 radical (unpaired) electrons. The van der Waals surface area contributed by atoms with E-state index in [1.54, 1.807) is 29.5 Å². The number of aromatic hydroxyl groups is 1. The Morgan fingerprint density at radius 2 is 2.00 bits per heavy atom. The van der Waals surface area contributed by atoms with Crippen molar-refractivity contribution in [3.05, 3.63) is 40.3 Å². The summed E-state index contributed by atoms with van der Waals surface area (Å²) in [6.07, 6.45) is 0. The highest BCUT2D eigenvalue weighted by molar-refractivity contribution is 7.09. The summed E-state index contributed by atoms with van der Waals surface area (Å²) in [4.78, 5) is 4.54. The van der Waals surface area contributed by atoms with Crippen molar-refractivity contribution < 1.29 is 9.84 Å². The van der Waals surface area contributed by atoms with Gasteiger partial charge >= 0.3 is 0 Å². The predicted octanol–water partition coefficient (Wildman–Crippen LogP) is 3.73. The number of nitrogens with zero attached hydrogens (tertiary/aromatic N) is 1. The van der Waals surface area contributed by atoms with Crippen molar-refractivity contribution in [2.24, 2.45) is 0 Å². The maximum Gasteiger partial charge on any atom is 0.161 e. The van der Waals surface area contributed by atoms with E-state index in [4.69, 9.17) is 4.74 Å². The minimum Gasteiger partial charge on any atom is -0.504 e. The van der Waals surface area contributed by atoms with Gasteiger partial charge in [-0.3, -0.25) is 0 Å². The van der Waals surface area contributed by atoms with Crippen LogP contribution in [0.25, 0.3) is 0 Å². The number of rotatable bonds is 3. The minimum atomic E-state index is 0.0592. The van der Waals surface area contributed by atoms with Crippen molar-refractivity contribution >= 4 is 11.3 Å². The quantitative estimate of drug-likeness (QED) is 0.917. The van der Waals surface area contributed by atoms with Crippen molar-refractivity contribution in [3.8, 4) is 11.5 Å². The van der Waals surface area contributed by atoms with Gasteiger partial charge in [-0.1, -0.05) is 32.9 Å². The Hall–Kier alpha value is -1.55. The van der Waals surface area contributed by atoms with Gasteiger partial charge in [0.15, 0.2) is 11.5 Å². The van der Waals surface area contributed by atoms with E-state index >= 15 is 0 Å². The van der Waals surface area contributed by atoms with Gasteiger partial charge in [-0.05, 0) is 12.1 Å². The molecule has 3 nitrogen and oxygen atoms in total. The molecule has 0 saturated heterocycles. The summed E-state index contributed by atoms with van der Waals surface area (Å²) in [6.45, 7) is 6.79. The van der Waals surface area contributed by atoms with Gasteiger partial charge in [-0.25, -0.2) is 4.98 Å². The van der Waals surface area contributed by atoms with Crippen LogP contribution in [0.1, 0.15) is 31.5 Å². The third-order valence-corrected chi connectivity index (χ3v) is 3.36. The highest BCUT2D eigenvalue weighted by Crippen LogP contribution is 2.27. The number of benzene rings is 1. The van der Waals surface area contributed by atoms with E-state index < -0.39 is 0 Å². The molecule has 18 heavy (non-hydrogen) atoms. The largest absolute Gasteiger partial charge is 0.504 e. The number of thiazole rings is 1. The van der Waals surface area contributed by atoms with E-state index in [9.17, 15) is 5.11 Å². The van der Waals surface area contributed by atoms with Crippen LogP contribution in [0.5, 0.6) is 11.5 Å². The maximum atomic E-state index is 9.58. The summed E-state index contributed by atoms with van der Waals surface area (Å²) in [5.74, 6) is 0.648. The number of aromatic nitrogens is 1. The standard InChI is InChI=1S/C14H17NO2S/c1-14(2,3)12-9-18-13(15-12)8-17-11-7-5-4-6-10(11)16/h4-7,9,16H,8H2,1-3H3. The first-order valence-corrected chi connectivity index (χ1v) is 6.70. The lowest BCUT2D eigenvalue weighted by Gasteiger charge is -2.14. The van der Waals surface area contributed by atoms with Crippen LogP contribution in [-0.2, 0) is 12.0 Å². The average Bonchev–Trinajstić information content (AvgIpc) is 2.76. The summed E-state index contributed by atoms with van der Waals surface area (Å²) in [6, 6.07) is 6.95. The molecule has 2 aromatic rings. The summed E-state index contributed by atoms with van der Waals surface area (Å²) in [7, 11) is 0. The van der Waals surface area contributed by atoms with Crippen molar-refractivity contribution in [2.45, 2.75) is 32.8 Å². The topological polar surface area (TPSA) is 42.4 Å². The highest BCUT2D eigenvalue weighted by atomic mass is 32.1. The monoisotopic (exact) mass is 263 g/mol. The smallest absolute Gasteiger partial charge is 0.161 e. The number of phenolic OH excluding ortho intramolecular Hbond substituents is 1. The molecule has 0 aliphatic carbocycles. The SMILES string of the molecule is CC(C)(C)c1csc(COc2ccccc2O)n1. The Bertz CT molecular complexity index is 529. The van der Waals surface area contributed by atoms with Crippen LogP contribution in [0.15, 0.2) is 29.6 Å². The van der Waals surface area contributed by atoms with Crippen molar-refractivity contribution in [3.63, 3.8) is 0 Å². The lowest BCUT2D eigenvalue weighted by molar-refractivity contribution is 0.288. The molecule has 4 heteroatoms. The molecular weight excluding hydrogens is 246 g/mol. The predicted molar refractivity (Wildman–Crippen MR) is 73.3 cm³/mol. The molecule has 0 spiro atoms. The first-order valence-electron chi connectivity index (χ1n) is 5.82. The third-order valence-electron chi connectivity index (χ3n) is 2.54. The van der Waals surface area contributed by atoms with Crippen LogP contribution >= 0.6 is 11.3 Å². The van der Waals surface area contributed by atoms with E-state index in [-0.39, 0.29) is 11.2 Å². The lowest BCUT2D eigenvalue weighted by Crippen LogP contribution is -2.11. The van der Waals surface area contributed by atoms with Gasteiger partial charge in [0.05, 0.1) is 5.69 Å². The Morgan fingerprint density at radius 3 is 2.61 bits per heavy atom. The zero-order valence-corrected chi connectivity index (χ0v) is 11.6. The fraction of sp³-hybridized carbons (Fsp3) is 0.357. The number of para-hydroxylation sites is 2. The van der Waals surface area contributed by atoms with Crippen LogP contribution < -0.4 is 4.74 Å². The summed E-state index contributed by atoms with van der Waals surface area (Å²) in [5.41, 5.74) is 1.13. The normalized spacial score (nSPS) is 11.5. The molecule has 2 rings (SSSR count). The zero-order chi connectivity index (χ0) is 13.2. The van der Waals surface area contributed by atoms with Gasteiger partial charge in [0.1, 0.15) is 11.6 Å². The van der Waals surface area contributed by atoms with Crippen molar-refractivity contribution in [1.82, 2.24) is 4.98 Å². The number of ether oxygens (including phenoxy) is 1. The number of phenols is 1. The number of hydrogen-bond donors (Lipinski definition) is 1. The van der Waals surface area contributed by atoms with Gasteiger partial charge in [0, 0.05) is 10.8 Å². The maximum absolute atomic E-state index is 9.58. The summed E-state index contributed by atoms with van der Waals surface area (Å²) in [5, 5.41) is 12.6. The molecule has 1 aromatic heterocycles. The van der Waals surface area contributed by atoms with Crippen molar-refractivity contribution in [2.75, 3.05) is 0 Å². The number of hydrogen-bond acceptors (Lipinski definition) is 4. The molecule has 0 atom stereocenters. The summed E-state index contributed by atoms with van der Waals surface area (Å²) < 4.78 is 5.55. The van der Waals surface area contributed by atoms with Gasteiger partial charge in [-0.2, -0.15) is 0 Å². The molecule has 0 amide bonds. The van der Waals surface area contributed by atoms with Gasteiger partial charge < -0.3 is 9.84 Å². The molecule has 1 N–H and O–H groups in total. The highest BCUT2D eigenvalue weighted by Gasteiger charge is 2.17. The zero-order valence-electron chi connectivity index (χ0n) is 10.8.